The van der Waals surface area contributed by atoms with E-state index >= 15 is 0 Å². The molecule has 1 rings (SSSR count). The monoisotopic (exact) mass is 292 g/mol. The second kappa shape index (κ2) is 7.57. The van der Waals surface area contributed by atoms with E-state index in [-0.39, 0.29) is 6.04 Å². The van der Waals surface area contributed by atoms with E-state index in [4.69, 9.17) is 4.74 Å². The van der Waals surface area contributed by atoms with Crippen LogP contribution in [0.1, 0.15) is 39.5 Å². The fourth-order valence-electron chi connectivity index (χ4n) is 2.39. The van der Waals surface area contributed by atoms with Gasteiger partial charge in [0.1, 0.15) is 0 Å². The summed E-state index contributed by atoms with van der Waals surface area (Å²) in [7, 11) is 0.109. The molecule has 0 spiro atoms. The van der Waals surface area contributed by atoms with E-state index in [1.807, 2.05) is 13.8 Å². The van der Waals surface area contributed by atoms with Crippen LogP contribution in [0.15, 0.2) is 0 Å². The van der Waals surface area contributed by atoms with Gasteiger partial charge in [-0.15, -0.1) is 0 Å². The fourth-order valence-corrected chi connectivity index (χ4v) is 3.96. The van der Waals surface area contributed by atoms with Crippen molar-refractivity contribution in [3.8, 4) is 0 Å². The van der Waals surface area contributed by atoms with Gasteiger partial charge in [-0.25, -0.2) is 0 Å². The quantitative estimate of drug-likeness (QED) is 0.671. The number of hydrogen-bond donors (Lipinski definition) is 0. The Morgan fingerprint density at radius 1 is 1.32 bits per heavy atom. The molecule has 0 aromatic rings. The largest absolute Gasteiger partial charge is 0.385 e. The number of hydrogen-bond acceptors (Lipinski definition) is 3. The van der Waals surface area contributed by atoms with Crippen LogP contribution in [-0.4, -0.2) is 56.9 Å². The predicted molar refractivity (Wildman–Crippen MR) is 77.2 cm³/mol. The normalized spacial score (nSPS) is 19.5. The summed E-state index contributed by atoms with van der Waals surface area (Å²) in [6.45, 7) is 5.90. The number of rotatable bonds is 7. The molecular formula is C13H28N2O3S. The SMILES string of the molecule is COCCCC1CCN(S(=O)(=O)N(C)C(C)C)CC1. The molecule has 0 amide bonds. The van der Waals surface area contributed by atoms with Crippen LogP contribution in [0.4, 0.5) is 0 Å². The van der Waals surface area contributed by atoms with Crippen molar-refractivity contribution in [2.45, 2.75) is 45.6 Å². The summed E-state index contributed by atoms with van der Waals surface area (Å²) in [5, 5.41) is 0. The Hall–Kier alpha value is -0.170. The second-order valence-corrected chi connectivity index (χ2v) is 7.58. The van der Waals surface area contributed by atoms with Crippen molar-refractivity contribution in [2.75, 3.05) is 33.9 Å². The first-order chi connectivity index (χ1) is 8.89. The number of methoxy groups -OCH3 is 1. The number of piperidine rings is 1. The molecule has 0 atom stereocenters. The van der Waals surface area contributed by atoms with E-state index in [0.717, 1.165) is 32.3 Å². The first-order valence-corrected chi connectivity index (χ1v) is 8.51. The lowest BCUT2D eigenvalue weighted by Crippen LogP contribution is -2.47. The van der Waals surface area contributed by atoms with Gasteiger partial charge in [-0.1, -0.05) is 0 Å². The number of nitrogens with zero attached hydrogens (tertiary/aromatic N) is 2. The zero-order chi connectivity index (χ0) is 14.5. The van der Waals surface area contributed by atoms with E-state index < -0.39 is 10.2 Å². The minimum absolute atomic E-state index is 0.00410. The van der Waals surface area contributed by atoms with Crippen LogP contribution in [0.2, 0.25) is 0 Å². The van der Waals surface area contributed by atoms with Crippen LogP contribution in [0.25, 0.3) is 0 Å². The van der Waals surface area contributed by atoms with Crippen molar-refractivity contribution in [3.05, 3.63) is 0 Å². The highest BCUT2D eigenvalue weighted by molar-refractivity contribution is 7.86. The summed E-state index contributed by atoms with van der Waals surface area (Å²) in [6, 6.07) is 0.00410. The van der Waals surface area contributed by atoms with E-state index in [2.05, 4.69) is 0 Å². The average molecular weight is 292 g/mol. The van der Waals surface area contributed by atoms with Gasteiger partial charge in [-0.2, -0.15) is 17.0 Å². The molecule has 0 unspecified atom stereocenters. The molecule has 0 N–H and O–H groups in total. The Bertz CT molecular complexity index is 349. The maximum absolute atomic E-state index is 12.3. The van der Waals surface area contributed by atoms with Gasteiger partial charge in [0.05, 0.1) is 0 Å². The fraction of sp³-hybridized carbons (Fsp3) is 1.00. The van der Waals surface area contributed by atoms with Gasteiger partial charge in [0.2, 0.25) is 0 Å². The summed E-state index contributed by atoms with van der Waals surface area (Å²) in [6.07, 6.45) is 4.14. The van der Waals surface area contributed by atoms with Gasteiger partial charge in [-0.05, 0) is 45.4 Å². The molecule has 1 saturated heterocycles. The molecule has 0 radical (unpaired) electrons. The average Bonchev–Trinajstić information content (AvgIpc) is 2.38. The third-order valence-electron chi connectivity index (χ3n) is 3.95. The molecule has 0 saturated carbocycles. The highest BCUT2D eigenvalue weighted by Crippen LogP contribution is 2.24. The molecule has 19 heavy (non-hydrogen) atoms. The molecule has 1 aliphatic heterocycles. The highest BCUT2D eigenvalue weighted by atomic mass is 32.2. The molecule has 1 fully saturated rings. The van der Waals surface area contributed by atoms with E-state index in [1.165, 1.54) is 4.31 Å². The molecule has 6 heteroatoms. The van der Waals surface area contributed by atoms with Crippen LogP contribution in [0, 0.1) is 5.92 Å². The van der Waals surface area contributed by atoms with Crippen LogP contribution in [-0.2, 0) is 14.9 Å². The summed E-state index contributed by atoms with van der Waals surface area (Å²) in [5.74, 6) is 0.644. The van der Waals surface area contributed by atoms with Crippen molar-refractivity contribution in [3.63, 3.8) is 0 Å². The Morgan fingerprint density at radius 3 is 2.37 bits per heavy atom. The summed E-state index contributed by atoms with van der Waals surface area (Å²) < 4.78 is 32.8. The molecule has 0 aliphatic carbocycles. The highest BCUT2D eigenvalue weighted by Gasteiger charge is 2.31. The van der Waals surface area contributed by atoms with Gasteiger partial charge >= 0.3 is 0 Å². The molecule has 114 valence electrons. The zero-order valence-corrected chi connectivity index (χ0v) is 13.4. The zero-order valence-electron chi connectivity index (χ0n) is 12.6. The third kappa shape index (κ3) is 4.70. The Kier molecular flexibility index (Phi) is 6.73. The predicted octanol–water partition coefficient (Wildman–Crippen LogP) is 1.71. The van der Waals surface area contributed by atoms with Gasteiger partial charge in [0, 0.05) is 39.9 Å². The molecular weight excluding hydrogens is 264 g/mol. The van der Waals surface area contributed by atoms with E-state index in [0.29, 0.717) is 19.0 Å². The maximum atomic E-state index is 12.3. The molecule has 1 heterocycles. The Morgan fingerprint density at radius 2 is 1.89 bits per heavy atom. The van der Waals surface area contributed by atoms with Gasteiger partial charge in [-0.3, -0.25) is 0 Å². The molecule has 1 aliphatic rings. The number of ether oxygens (including phenoxy) is 1. The van der Waals surface area contributed by atoms with Gasteiger partial charge < -0.3 is 4.74 Å². The lowest BCUT2D eigenvalue weighted by molar-refractivity contribution is 0.175. The van der Waals surface area contributed by atoms with Crippen LogP contribution in [0.5, 0.6) is 0 Å². The Balaban J connectivity index is 2.45. The second-order valence-electron chi connectivity index (χ2n) is 5.60. The van der Waals surface area contributed by atoms with Crippen LogP contribution in [0.3, 0.4) is 0 Å². The third-order valence-corrected chi connectivity index (χ3v) is 6.12. The van der Waals surface area contributed by atoms with Crippen molar-refractivity contribution in [1.29, 1.82) is 0 Å². The standard InChI is InChI=1S/C13H28N2O3S/c1-12(2)14(3)19(16,17)15-9-7-13(8-10-15)6-5-11-18-4/h12-13H,5-11H2,1-4H3. The lowest BCUT2D eigenvalue weighted by atomic mass is 9.93. The molecule has 0 bridgehead atoms. The van der Waals surface area contributed by atoms with Gasteiger partial charge in [0.15, 0.2) is 0 Å². The van der Waals surface area contributed by atoms with Crippen molar-refractivity contribution < 1.29 is 13.2 Å². The Labute approximate surface area is 118 Å². The van der Waals surface area contributed by atoms with Crippen molar-refractivity contribution in [1.82, 2.24) is 8.61 Å². The maximum Gasteiger partial charge on any atom is 0.281 e. The topological polar surface area (TPSA) is 49.9 Å². The van der Waals surface area contributed by atoms with Crippen molar-refractivity contribution in [2.24, 2.45) is 5.92 Å². The minimum atomic E-state index is -3.27. The summed E-state index contributed by atoms with van der Waals surface area (Å²) in [4.78, 5) is 0. The van der Waals surface area contributed by atoms with Crippen molar-refractivity contribution >= 4 is 10.2 Å². The van der Waals surface area contributed by atoms with Gasteiger partial charge in [0.25, 0.3) is 10.2 Å². The first-order valence-electron chi connectivity index (χ1n) is 7.11. The smallest absolute Gasteiger partial charge is 0.281 e. The first kappa shape index (κ1) is 16.9. The summed E-state index contributed by atoms with van der Waals surface area (Å²) in [5.41, 5.74) is 0. The van der Waals surface area contributed by atoms with Crippen LogP contribution >= 0.6 is 0 Å². The molecule has 0 aromatic heterocycles. The summed E-state index contributed by atoms with van der Waals surface area (Å²) >= 11 is 0. The van der Waals surface area contributed by atoms with E-state index in [1.54, 1.807) is 18.5 Å². The van der Waals surface area contributed by atoms with Crippen LogP contribution < -0.4 is 0 Å². The molecule has 5 nitrogen and oxygen atoms in total. The van der Waals surface area contributed by atoms with E-state index in [9.17, 15) is 8.42 Å². The lowest BCUT2D eigenvalue weighted by Gasteiger charge is -2.34. The minimum Gasteiger partial charge on any atom is -0.385 e. The molecule has 0 aromatic carbocycles.